The van der Waals surface area contributed by atoms with Crippen molar-refractivity contribution in [3.8, 4) is 0 Å². The molecule has 0 radical (unpaired) electrons. The molecule has 1 heterocycles. The highest BCUT2D eigenvalue weighted by atomic mass is 16.5. The van der Waals surface area contributed by atoms with Crippen LogP contribution in [0.4, 0.5) is 5.69 Å². The van der Waals surface area contributed by atoms with Crippen LogP contribution in [0.1, 0.15) is 28.5 Å². The average molecular weight is 270 g/mol. The molecular formula is C16H18N2O2. The summed E-state index contributed by atoms with van der Waals surface area (Å²) in [6, 6.07) is 11.3. The van der Waals surface area contributed by atoms with Crippen LogP contribution in [0.5, 0.6) is 0 Å². The number of hydrogen-bond acceptors (Lipinski definition) is 4. The molecule has 0 fully saturated rings. The Morgan fingerprint density at radius 3 is 2.75 bits per heavy atom. The van der Waals surface area contributed by atoms with Crippen LogP contribution in [-0.4, -0.2) is 17.6 Å². The molecule has 2 rings (SSSR count). The number of nitrogens with zero attached hydrogens (tertiary/aromatic N) is 1. The molecule has 20 heavy (non-hydrogen) atoms. The van der Waals surface area contributed by atoms with E-state index in [-0.39, 0.29) is 5.97 Å². The SMILES string of the molecule is CCOC(=O)c1ccccc1NCc1ccc(C)nc1. The molecule has 0 atom stereocenters. The lowest BCUT2D eigenvalue weighted by molar-refractivity contribution is 0.0527. The fourth-order valence-corrected chi connectivity index (χ4v) is 1.82. The largest absolute Gasteiger partial charge is 0.462 e. The van der Waals surface area contributed by atoms with Crippen LogP contribution in [-0.2, 0) is 11.3 Å². The van der Waals surface area contributed by atoms with Crippen molar-refractivity contribution in [2.75, 3.05) is 11.9 Å². The van der Waals surface area contributed by atoms with Gasteiger partial charge in [0.2, 0.25) is 0 Å². The monoisotopic (exact) mass is 270 g/mol. The number of esters is 1. The molecule has 1 aromatic carbocycles. The molecule has 0 saturated carbocycles. The molecule has 0 aliphatic carbocycles. The molecule has 1 aromatic heterocycles. The van der Waals surface area contributed by atoms with Crippen molar-refractivity contribution in [1.29, 1.82) is 0 Å². The topological polar surface area (TPSA) is 51.2 Å². The maximum Gasteiger partial charge on any atom is 0.340 e. The number of ether oxygens (including phenoxy) is 1. The zero-order chi connectivity index (χ0) is 14.4. The van der Waals surface area contributed by atoms with Crippen LogP contribution >= 0.6 is 0 Å². The minimum atomic E-state index is -0.308. The van der Waals surface area contributed by atoms with Gasteiger partial charge in [0.1, 0.15) is 0 Å². The van der Waals surface area contributed by atoms with E-state index in [4.69, 9.17) is 4.74 Å². The summed E-state index contributed by atoms with van der Waals surface area (Å²) in [7, 11) is 0. The summed E-state index contributed by atoms with van der Waals surface area (Å²) in [5.41, 5.74) is 3.37. The first-order valence-corrected chi connectivity index (χ1v) is 6.62. The van der Waals surface area contributed by atoms with Crippen molar-refractivity contribution in [3.05, 3.63) is 59.4 Å². The summed E-state index contributed by atoms with van der Waals surface area (Å²) in [5.74, 6) is -0.308. The summed E-state index contributed by atoms with van der Waals surface area (Å²) >= 11 is 0. The Labute approximate surface area is 118 Å². The minimum Gasteiger partial charge on any atom is -0.462 e. The van der Waals surface area contributed by atoms with Gasteiger partial charge in [0.15, 0.2) is 0 Å². The van der Waals surface area contributed by atoms with Crippen LogP contribution in [0.2, 0.25) is 0 Å². The van der Waals surface area contributed by atoms with Gasteiger partial charge in [0, 0.05) is 24.1 Å². The van der Waals surface area contributed by atoms with Gasteiger partial charge in [-0.05, 0) is 37.6 Å². The van der Waals surface area contributed by atoms with Gasteiger partial charge >= 0.3 is 5.97 Å². The lowest BCUT2D eigenvalue weighted by atomic mass is 10.1. The summed E-state index contributed by atoms with van der Waals surface area (Å²) in [6.45, 7) is 4.73. The number of hydrogen-bond donors (Lipinski definition) is 1. The van der Waals surface area contributed by atoms with E-state index in [0.717, 1.165) is 16.9 Å². The Morgan fingerprint density at radius 2 is 2.05 bits per heavy atom. The molecule has 2 aromatic rings. The van der Waals surface area contributed by atoms with Gasteiger partial charge in [-0.15, -0.1) is 0 Å². The summed E-state index contributed by atoms with van der Waals surface area (Å²) < 4.78 is 5.05. The Bertz CT molecular complexity index is 579. The van der Waals surface area contributed by atoms with Crippen molar-refractivity contribution in [3.63, 3.8) is 0 Å². The fourth-order valence-electron chi connectivity index (χ4n) is 1.82. The number of benzene rings is 1. The number of carbonyl (C=O) groups is 1. The molecular weight excluding hydrogens is 252 g/mol. The maximum absolute atomic E-state index is 11.8. The van der Waals surface area contributed by atoms with Gasteiger partial charge in [0.05, 0.1) is 12.2 Å². The molecule has 4 heteroatoms. The number of rotatable bonds is 5. The first-order valence-electron chi connectivity index (χ1n) is 6.62. The Balaban J connectivity index is 2.09. The molecule has 1 N–H and O–H groups in total. The van der Waals surface area contributed by atoms with Gasteiger partial charge in [-0.25, -0.2) is 4.79 Å². The second-order valence-electron chi connectivity index (χ2n) is 4.43. The van der Waals surface area contributed by atoms with E-state index in [9.17, 15) is 4.79 Å². The zero-order valence-electron chi connectivity index (χ0n) is 11.7. The van der Waals surface area contributed by atoms with Crippen LogP contribution in [0.25, 0.3) is 0 Å². The molecule has 0 aliphatic rings. The molecule has 0 saturated heterocycles. The Hall–Kier alpha value is -2.36. The van der Waals surface area contributed by atoms with E-state index < -0.39 is 0 Å². The number of para-hydroxylation sites is 1. The second-order valence-corrected chi connectivity index (χ2v) is 4.43. The normalized spacial score (nSPS) is 10.1. The lowest BCUT2D eigenvalue weighted by Crippen LogP contribution is -2.09. The van der Waals surface area contributed by atoms with Crippen molar-refractivity contribution >= 4 is 11.7 Å². The summed E-state index contributed by atoms with van der Waals surface area (Å²) in [6.07, 6.45) is 1.83. The van der Waals surface area contributed by atoms with E-state index >= 15 is 0 Å². The van der Waals surface area contributed by atoms with Crippen molar-refractivity contribution < 1.29 is 9.53 Å². The molecule has 0 bridgehead atoms. The van der Waals surface area contributed by atoms with E-state index in [1.165, 1.54) is 0 Å². The predicted molar refractivity (Wildman–Crippen MR) is 78.7 cm³/mol. The predicted octanol–water partition coefficient (Wildman–Crippen LogP) is 3.18. The molecule has 4 nitrogen and oxygen atoms in total. The number of carbonyl (C=O) groups excluding carboxylic acids is 1. The third-order valence-electron chi connectivity index (χ3n) is 2.88. The van der Waals surface area contributed by atoms with E-state index in [0.29, 0.717) is 18.7 Å². The molecule has 0 spiro atoms. The number of aryl methyl sites for hydroxylation is 1. The van der Waals surface area contributed by atoms with Crippen LogP contribution in [0, 0.1) is 6.92 Å². The Kier molecular flexibility index (Phi) is 4.71. The quantitative estimate of drug-likeness (QED) is 0.848. The fraction of sp³-hybridized carbons (Fsp3) is 0.250. The zero-order valence-corrected chi connectivity index (χ0v) is 11.7. The van der Waals surface area contributed by atoms with Crippen molar-refractivity contribution in [1.82, 2.24) is 4.98 Å². The maximum atomic E-state index is 11.8. The molecule has 0 unspecified atom stereocenters. The first kappa shape index (κ1) is 14.1. The highest BCUT2D eigenvalue weighted by Crippen LogP contribution is 2.17. The van der Waals surface area contributed by atoms with Crippen LogP contribution in [0.15, 0.2) is 42.6 Å². The standard InChI is InChI=1S/C16H18N2O2/c1-3-20-16(19)14-6-4-5-7-15(14)18-11-13-9-8-12(2)17-10-13/h4-10,18H,3,11H2,1-2H3. The van der Waals surface area contributed by atoms with Gasteiger partial charge in [-0.2, -0.15) is 0 Å². The van der Waals surface area contributed by atoms with E-state index in [1.54, 1.807) is 13.0 Å². The van der Waals surface area contributed by atoms with Gasteiger partial charge < -0.3 is 10.1 Å². The van der Waals surface area contributed by atoms with Gasteiger partial charge in [-0.1, -0.05) is 18.2 Å². The molecule has 0 aliphatic heterocycles. The smallest absolute Gasteiger partial charge is 0.340 e. The molecule has 104 valence electrons. The second kappa shape index (κ2) is 6.70. The summed E-state index contributed by atoms with van der Waals surface area (Å²) in [4.78, 5) is 16.1. The average Bonchev–Trinajstić information content (AvgIpc) is 2.47. The highest BCUT2D eigenvalue weighted by molar-refractivity contribution is 5.95. The number of pyridine rings is 1. The number of aromatic nitrogens is 1. The van der Waals surface area contributed by atoms with Crippen LogP contribution < -0.4 is 5.32 Å². The third-order valence-corrected chi connectivity index (χ3v) is 2.88. The minimum absolute atomic E-state index is 0.308. The van der Waals surface area contributed by atoms with E-state index in [2.05, 4.69) is 10.3 Å². The number of nitrogens with one attached hydrogen (secondary N) is 1. The van der Waals surface area contributed by atoms with E-state index in [1.807, 2.05) is 43.5 Å². The first-order chi connectivity index (χ1) is 9.70. The molecule has 0 amide bonds. The number of anilines is 1. The van der Waals surface area contributed by atoms with Gasteiger partial charge in [-0.3, -0.25) is 4.98 Å². The van der Waals surface area contributed by atoms with Crippen molar-refractivity contribution in [2.45, 2.75) is 20.4 Å². The van der Waals surface area contributed by atoms with Crippen LogP contribution in [0.3, 0.4) is 0 Å². The third kappa shape index (κ3) is 3.57. The van der Waals surface area contributed by atoms with Gasteiger partial charge in [0.25, 0.3) is 0 Å². The Morgan fingerprint density at radius 1 is 1.25 bits per heavy atom. The lowest BCUT2D eigenvalue weighted by Gasteiger charge is -2.11. The van der Waals surface area contributed by atoms with Crippen molar-refractivity contribution in [2.24, 2.45) is 0 Å². The summed E-state index contributed by atoms with van der Waals surface area (Å²) in [5, 5.41) is 3.25. The highest BCUT2D eigenvalue weighted by Gasteiger charge is 2.11.